The second-order valence-corrected chi connectivity index (χ2v) is 9.99. The molecule has 0 saturated carbocycles. The second kappa shape index (κ2) is 11.2. The monoisotopic (exact) mass is 601 g/mol. The number of ether oxygens (including phenoxy) is 2. The van der Waals surface area contributed by atoms with Crippen LogP contribution in [0.1, 0.15) is 23.5 Å². The maximum absolute atomic E-state index is 14.7. The van der Waals surface area contributed by atoms with Crippen molar-refractivity contribution in [2.24, 2.45) is 0 Å². The first-order chi connectivity index (χ1) is 18.0. The summed E-state index contributed by atoms with van der Waals surface area (Å²) < 4.78 is 32.3. The number of rotatable bonds is 8. The lowest BCUT2D eigenvalue weighted by Gasteiger charge is -2.26. The molecule has 0 radical (unpaired) electrons. The Bertz CT molecular complexity index is 1420. The van der Waals surface area contributed by atoms with Crippen LogP contribution in [-0.2, 0) is 4.74 Å². The largest absolute Gasteiger partial charge is 0.490 e. The van der Waals surface area contributed by atoms with Gasteiger partial charge in [0.05, 0.1) is 28.9 Å². The second-order valence-electron chi connectivity index (χ2n) is 8.28. The lowest BCUT2D eigenvalue weighted by molar-refractivity contribution is 0.146. The molecule has 2 aromatic carbocycles. The Morgan fingerprint density at radius 2 is 2.00 bits per heavy atom. The number of methoxy groups -OCH3 is 1. The Kier molecular flexibility index (Phi) is 7.76. The number of halogens is 3. The summed E-state index contributed by atoms with van der Waals surface area (Å²) in [5.41, 5.74) is 1.90. The number of pyridine rings is 1. The summed E-state index contributed by atoms with van der Waals surface area (Å²) in [6, 6.07) is 18.9. The molecule has 0 spiro atoms. The van der Waals surface area contributed by atoms with Gasteiger partial charge in [0.25, 0.3) is 0 Å². The average Bonchev–Trinajstić information content (AvgIpc) is 3.50. The summed E-state index contributed by atoms with van der Waals surface area (Å²) in [5, 5.41) is 4.30. The molecule has 0 amide bonds. The van der Waals surface area contributed by atoms with Gasteiger partial charge < -0.3 is 24.1 Å². The number of hydrogen-bond donors (Lipinski definition) is 1. The molecule has 0 aliphatic carbocycles. The summed E-state index contributed by atoms with van der Waals surface area (Å²) in [4.78, 5) is 6.48. The molecule has 5 rings (SSSR count). The number of hydrogen-bond acceptors (Lipinski definition) is 5. The van der Waals surface area contributed by atoms with Crippen molar-refractivity contribution in [1.82, 2.24) is 10.3 Å². The zero-order chi connectivity index (χ0) is 25.9. The molecule has 0 bridgehead atoms. The van der Waals surface area contributed by atoms with Crippen LogP contribution in [-0.4, -0.2) is 30.4 Å². The minimum atomic E-state index is -0.411. The van der Waals surface area contributed by atoms with Gasteiger partial charge in [-0.1, -0.05) is 33.6 Å². The third kappa shape index (κ3) is 5.36. The van der Waals surface area contributed by atoms with Gasteiger partial charge in [0.15, 0.2) is 5.11 Å². The summed E-state index contributed by atoms with van der Waals surface area (Å²) in [7, 11) is 1.61. The van der Waals surface area contributed by atoms with E-state index in [0.29, 0.717) is 50.7 Å². The van der Waals surface area contributed by atoms with Gasteiger partial charge in [-0.25, -0.2) is 4.39 Å². The lowest BCUT2D eigenvalue weighted by atomic mass is 10.0. The Labute approximate surface area is 232 Å². The Morgan fingerprint density at radius 1 is 1.14 bits per heavy atom. The van der Waals surface area contributed by atoms with E-state index in [0.717, 1.165) is 11.4 Å². The highest BCUT2D eigenvalue weighted by Crippen LogP contribution is 2.44. The van der Waals surface area contributed by atoms with E-state index in [9.17, 15) is 4.39 Å². The van der Waals surface area contributed by atoms with Crippen molar-refractivity contribution in [3.8, 4) is 17.1 Å². The highest BCUT2D eigenvalue weighted by molar-refractivity contribution is 9.10. The molecule has 1 N–H and O–H groups in total. The van der Waals surface area contributed by atoms with E-state index >= 15 is 0 Å². The lowest BCUT2D eigenvalue weighted by Crippen LogP contribution is -2.29. The molecule has 0 unspecified atom stereocenters. The predicted molar refractivity (Wildman–Crippen MR) is 149 cm³/mol. The van der Waals surface area contributed by atoms with Crippen molar-refractivity contribution in [1.29, 1.82) is 0 Å². The van der Waals surface area contributed by atoms with Crippen LogP contribution in [0.5, 0.6) is 5.75 Å². The van der Waals surface area contributed by atoms with E-state index in [-0.39, 0.29) is 11.9 Å². The van der Waals surface area contributed by atoms with Crippen molar-refractivity contribution < 1.29 is 18.3 Å². The van der Waals surface area contributed by atoms with E-state index in [1.54, 1.807) is 43.6 Å². The molecule has 2 atom stereocenters. The van der Waals surface area contributed by atoms with Gasteiger partial charge in [0.1, 0.15) is 35.7 Å². The molecule has 190 valence electrons. The van der Waals surface area contributed by atoms with Crippen LogP contribution in [0.15, 0.2) is 81.8 Å². The van der Waals surface area contributed by atoms with Gasteiger partial charge in [-0.15, -0.1) is 0 Å². The topological polar surface area (TPSA) is 59.8 Å². The Hall–Kier alpha value is -2.98. The minimum Gasteiger partial charge on any atom is -0.490 e. The molecule has 4 aromatic rings. The van der Waals surface area contributed by atoms with Gasteiger partial charge in [-0.3, -0.25) is 4.98 Å². The highest BCUT2D eigenvalue weighted by atomic mass is 79.9. The van der Waals surface area contributed by atoms with Crippen LogP contribution in [0.4, 0.5) is 10.1 Å². The molecule has 1 fully saturated rings. The maximum atomic E-state index is 14.7. The molecular formula is C27H22BrClFN3O3S. The summed E-state index contributed by atoms with van der Waals surface area (Å²) in [5.74, 6) is 1.17. The molecule has 1 aliphatic rings. The van der Waals surface area contributed by atoms with Gasteiger partial charge >= 0.3 is 0 Å². The van der Waals surface area contributed by atoms with Crippen LogP contribution in [0, 0.1) is 5.82 Å². The van der Waals surface area contributed by atoms with Crippen LogP contribution in [0.2, 0.25) is 5.02 Å². The molecular weight excluding hydrogens is 581 g/mol. The van der Waals surface area contributed by atoms with E-state index in [1.165, 1.54) is 6.07 Å². The summed E-state index contributed by atoms with van der Waals surface area (Å²) >= 11 is 15.6. The standard InChI is InChI=1S/C27H22BrClFN3O3S/c1-34-12-13-35-23-8-6-17(15-19(23)29)33-26(25(32-27(33)37)21-4-2-3-11-31-21)24-10-9-22(36-24)18-7-5-16(28)14-20(18)30/h2-11,14-15,25-26H,12-13H2,1H3,(H,32,37)/t25-,26+/m0/s1. The Morgan fingerprint density at radius 3 is 2.73 bits per heavy atom. The quantitative estimate of drug-likeness (QED) is 0.171. The van der Waals surface area contributed by atoms with Gasteiger partial charge in [0, 0.05) is 23.5 Å². The first-order valence-corrected chi connectivity index (χ1v) is 13.0. The molecule has 1 aliphatic heterocycles. The number of furan rings is 1. The smallest absolute Gasteiger partial charge is 0.174 e. The SMILES string of the molecule is COCCOc1ccc(N2C(=S)N[C@@H](c3ccccn3)[C@H]2c2ccc(-c3ccc(Br)cc3F)o2)cc1Cl. The molecule has 2 aromatic heterocycles. The fraction of sp³-hybridized carbons (Fsp3) is 0.185. The third-order valence-corrected chi connectivity index (χ3v) is 7.05. The van der Waals surface area contributed by atoms with Crippen LogP contribution >= 0.6 is 39.7 Å². The Balaban J connectivity index is 1.54. The summed E-state index contributed by atoms with van der Waals surface area (Å²) in [6.07, 6.45) is 1.73. The van der Waals surface area contributed by atoms with E-state index in [1.807, 2.05) is 35.2 Å². The molecule has 6 nitrogen and oxygen atoms in total. The number of nitrogens with zero attached hydrogens (tertiary/aromatic N) is 2. The molecule has 37 heavy (non-hydrogen) atoms. The molecule has 10 heteroatoms. The molecule has 3 heterocycles. The van der Waals surface area contributed by atoms with Crippen LogP contribution in [0.25, 0.3) is 11.3 Å². The van der Waals surface area contributed by atoms with Crippen molar-refractivity contribution in [3.63, 3.8) is 0 Å². The number of benzene rings is 2. The molecule has 1 saturated heterocycles. The van der Waals surface area contributed by atoms with Crippen molar-refractivity contribution in [2.75, 3.05) is 25.2 Å². The predicted octanol–water partition coefficient (Wildman–Crippen LogP) is 7.10. The number of anilines is 1. The van der Waals surface area contributed by atoms with E-state index < -0.39 is 6.04 Å². The third-order valence-electron chi connectivity index (χ3n) is 5.95. The van der Waals surface area contributed by atoms with Crippen molar-refractivity contribution in [3.05, 3.63) is 99.7 Å². The number of nitrogens with one attached hydrogen (secondary N) is 1. The summed E-state index contributed by atoms with van der Waals surface area (Å²) in [6.45, 7) is 0.831. The van der Waals surface area contributed by atoms with Crippen molar-refractivity contribution in [2.45, 2.75) is 12.1 Å². The fourth-order valence-corrected chi connectivity index (χ4v) is 5.17. The van der Waals surface area contributed by atoms with Crippen LogP contribution < -0.4 is 15.0 Å². The normalized spacial score (nSPS) is 17.2. The fourth-order valence-electron chi connectivity index (χ4n) is 4.26. The number of thiocarbonyl (C=S) groups is 1. The first kappa shape index (κ1) is 25.7. The zero-order valence-electron chi connectivity index (χ0n) is 19.7. The van der Waals surface area contributed by atoms with Crippen molar-refractivity contribution >= 4 is 50.5 Å². The van der Waals surface area contributed by atoms with Gasteiger partial charge in [-0.05, 0) is 72.9 Å². The van der Waals surface area contributed by atoms with E-state index in [2.05, 4.69) is 26.2 Å². The minimum absolute atomic E-state index is 0.320. The van der Waals surface area contributed by atoms with E-state index in [4.69, 9.17) is 37.7 Å². The average molecular weight is 603 g/mol. The first-order valence-electron chi connectivity index (χ1n) is 11.4. The van der Waals surface area contributed by atoms with Gasteiger partial charge in [0.2, 0.25) is 0 Å². The zero-order valence-corrected chi connectivity index (χ0v) is 22.8. The highest BCUT2D eigenvalue weighted by Gasteiger charge is 2.42. The number of aromatic nitrogens is 1. The van der Waals surface area contributed by atoms with Crippen LogP contribution in [0.3, 0.4) is 0 Å². The van der Waals surface area contributed by atoms with Gasteiger partial charge in [-0.2, -0.15) is 0 Å². The maximum Gasteiger partial charge on any atom is 0.174 e.